The summed E-state index contributed by atoms with van der Waals surface area (Å²) < 4.78 is 21.8. The fourth-order valence-electron chi connectivity index (χ4n) is 2.70. The molecule has 0 unspecified atom stereocenters. The van der Waals surface area contributed by atoms with E-state index in [1.807, 2.05) is 6.92 Å². The van der Waals surface area contributed by atoms with Gasteiger partial charge in [0, 0.05) is 17.5 Å². The van der Waals surface area contributed by atoms with Crippen molar-refractivity contribution < 1.29 is 28.5 Å². The Balaban J connectivity index is 1.68. The Kier molecular flexibility index (Phi) is 6.66. The molecular weight excluding hydrogens is 400 g/mol. The van der Waals surface area contributed by atoms with E-state index in [2.05, 4.69) is 10.9 Å². The standard InChI is InChI=1S/C20H21ClN2O6/c1-3-27-15-6-5-12(10-16(15)26-2)19(24)22-23-20(25)13-9-14(21)18-17(11-13)28-7-4-8-29-18/h5-6,9-11H,3-4,7-8H2,1-2H3,(H,22,24)(H,23,25). The molecule has 0 fully saturated rings. The Hall–Kier alpha value is -3.13. The van der Waals surface area contributed by atoms with Crippen LogP contribution in [0.4, 0.5) is 0 Å². The third-order valence-electron chi connectivity index (χ3n) is 4.08. The first-order valence-electron chi connectivity index (χ1n) is 9.04. The average Bonchev–Trinajstić information content (AvgIpc) is 2.98. The number of amides is 2. The lowest BCUT2D eigenvalue weighted by molar-refractivity contribution is 0.0846. The lowest BCUT2D eigenvalue weighted by Gasteiger charge is -2.13. The number of methoxy groups -OCH3 is 1. The number of hydrogen-bond donors (Lipinski definition) is 2. The molecule has 2 N–H and O–H groups in total. The van der Waals surface area contributed by atoms with E-state index < -0.39 is 11.8 Å². The number of benzene rings is 2. The summed E-state index contributed by atoms with van der Waals surface area (Å²) in [5.41, 5.74) is 5.24. The maximum Gasteiger partial charge on any atom is 0.269 e. The van der Waals surface area contributed by atoms with Crippen LogP contribution < -0.4 is 29.8 Å². The number of rotatable bonds is 5. The van der Waals surface area contributed by atoms with Crippen molar-refractivity contribution in [1.82, 2.24) is 10.9 Å². The molecular formula is C20H21ClN2O6. The van der Waals surface area contributed by atoms with Gasteiger partial charge in [-0.1, -0.05) is 11.6 Å². The number of halogens is 1. The normalized spacial score (nSPS) is 12.5. The van der Waals surface area contributed by atoms with Crippen molar-refractivity contribution in [2.24, 2.45) is 0 Å². The van der Waals surface area contributed by atoms with Gasteiger partial charge in [0.1, 0.15) is 0 Å². The molecule has 29 heavy (non-hydrogen) atoms. The summed E-state index contributed by atoms with van der Waals surface area (Å²) in [6.07, 6.45) is 0.716. The Labute approximate surface area is 173 Å². The summed E-state index contributed by atoms with van der Waals surface area (Å²) in [6, 6.07) is 7.70. The molecule has 0 spiro atoms. The van der Waals surface area contributed by atoms with E-state index in [0.717, 1.165) is 0 Å². The molecule has 3 rings (SSSR count). The van der Waals surface area contributed by atoms with Gasteiger partial charge < -0.3 is 18.9 Å². The first-order valence-corrected chi connectivity index (χ1v) is 9.42. The Morgan fingerprint density at radius 3 is 2.48 bits per heavy atom. The third kappa shape index (κ3) is 4.83. The van der Waals surface area contributed by atoms with Crippen LogP contribution in [0, 0.1) is 0 Å². The van der Waals surface area contributed by atoms with Gasteiger partial charge in [-0.05, 0) is 37.3 Å². The van der Waals surface area contributed by atoms with Crippen LogP contribution in [0.5, 0.6) is 23.0 Å². The van der Waals surface area contributed by atoms with Crippen LogP contribution in [0.3, 0.4) is 0 Å². The van der Waals surface area contributed by atoms with Crippen molar-refractivity contribution >= 4 is 23.4 Å². The highest BCUT2D eigenvalue weighted by Gasteiger charge is 2.19. The molecule has 0 radical (unpaired) electrons. The molecule has 0 bridgehead atoms. The Bertz CT molecular complexity index is 918. The second-order valence-corrected chi connectivity index (χ2v) is 6.45. The number of carbonyl (C=O) groups excluding carboxylic acids is 2. The van der Waals surface area contributed by atoms with Gasteiger partial charge in [0.25, 0.3) is 11.8 Å². The number of hydrazine groups is 1. The molecule has 1 heterocycles. The highest BCUT2D eigenvalue weighted by molar-refractivity contribution is 6.32. The topological polar surface area (TPSA) is 95.1 Å². The monoisotopic (exact) mass is 420 g/mol. The first kappa shape index (κ1) is 20.6. The van der Waals surface area contributed by atoms with Gasteiger partial charge in [0.2, 0.25) is 0 Å². The van der Waals surface area contributed by atoms with E-state index in [0.29, 0.717) is 54.8 Å². The number of ether oxygens (including phenoxy) is 4. The van der Waals surface area contributed by atoms with E-state index in [-0.39, 0.29) is 10.6 Å². The van der Waals surface area contributed by atoms with Crippen LogP contribution in [0.25, 0.3) is 0 Å². The van der Waals surface area contributed by atoms with E-state index in [1.54, 1.807) is 12.1 Å². The second-order valence-electron chi connectivity index (χ2n) is 6.04. The van der Waals surface area contributed by atoms with Crippen LogP contribution in [-0.4, -0.2) is 38.7 Å². The quantitative estimate of drug-likeness (QED) is 0.722. The van der Waals surface area contributed by atoms with E-state index in [9.17, 15) is 9.59 Å². The average molecular weight is 421 g/mol. The SMILES string of the molecule is CCOc1ccc(C(=O)NNC(=O)c2cc(Cl)c3c(c2)OCCCO3)cc1OC. The highest BCUT2D eigenvalue weighted by Crippen LogP contribution is 2.38. The zero-order valence-corrected chi connectivity index (χ0v) is 16.8. The summed E-state index contributed by atoms with van der Waals surface area (Å²) in [5, 5.41) is 0.261. The summed E-state index contributed by atoms with van der Waals surface area (Å²) in [4.78, 5) is 24.8. The zero-order chi connectivity index (χ0) is 20.8. The lowest BCUT2D eigenvalue weighted by atomic mass is 10.2. The van der Waals surface area contributed by atoms with Crippen LogP contribution >= 0.6 is 11.6 Å². The van der Waals surface area contributed by atoms with Crippen molar-refractivity contribution in [1.29, 1.82) is 0 Å². The van der Waals surface area contributed by atoms with E-state index >= 15 is 0 Å². The molecule has 154 valence electrons. The molecule has 2 amide bonds. The van der Waals surface area contributed by atoms with Crippen LogP contribution in [0.2, 0.25) is 5.02 Å². The minimum atomic E-state index is -0.547. The molecule has 0 saturated carbocycles. The summed E-state index contributed by atoms with van der Waals surface area (Å²) in [5.74, 6) is 0.681. The summed E-state index contributed by atoms with van der Waals surface area (Å²) >= 11 is 6.20. The van der Waals surface area contributed by atoms with Crippen molar-refractivity contribution in [2.45, 2.75) is 13.3 Å². The van der Waals surface area contributed by atoms with Crippen molar-refractivity contribution in [3.63, 3.8) is 0 Å². The molecule has 1 aliphatic rings. The van der Waals surface area contributed by atoms with Crippen molar-refractivity contribution in [3.8, 4) is 23.0 Å². The predicted molar refractivity (Wildman–Crippen MR) is 106 cm³/mol. The zero-order valence-electron chi connectivity index (χ0n) is 16.0. The number of nitrogens with one attached hydrogen (secondary N) is 2. The fourth-order valence-corrected chi connectivity index (χ4v) is 2.97. The number of carbonyl (C=O) groups is 2. The maximum absolute atomic E-state index is 12.4. The molecule has 0 aromatic heterocycles. The Morgan fingerprint density at radius 2 is 1.76 bits per heavy atom. The minimum absolute atomic E-state index is 0.226. The second kappa shape index (κ2) is 9.38. The third-order valence-corrected chi connectivity index (χ3v) is 4.36. The molecule has 1 aliphatic heterocycles. The van der Waals surface area contributed by atoms with Gasteiger partial charge in [-0.25, -0.2) is 0 Å². The van der Waals surface area contributed by atoms with E-state index in [4.69, 9.17) is 30.5 Å². The van der Waals surface area contributed by atoms with Gasteiger partial charge in [-0.15, -0.1) is 0 Å². The lowest BCUT2D eigenvalue weighted by Crippen LogP contribution is -2.41. The van der Waals surface area contributed by atoms with Gasteiger partial charge >= 0.3 is 0 Å². The molecule has 9 heteroatoms. The molecule has 2 aromatic carbocycles. The Morgan fingerprint density at radius 1 is 1.03 bits per heavy atom. The fraction of sp³-hybridized carbons (Fsp3) is 0.300. The van der Waals surface area contributed by atoms with Gasteiger partial charge in [0.15, 0.2) is 23.0 Å². The number of fused-ring (bicyclic) bond motifs is 1. The maximum atomic E-state index is 12.4. The van der Waals surface area contributed by atoms with E-state index in [1.165, 1.54) is 25.3 Å². The smallest absolute Gasteiger partial charge is 0.269 e. The summed E-state index contributed by atoms with van der Waals surface area (Å²) in [7, 11) is 1.48. The van der Waals surface area contributed by atoms with Crippen molar-refractivity contribution in [2.75, 3.05) is 26.9 Å². The van der Waals surface area contributed by atoms with Crippen LogP contribution in [0.1, 0.15) is 34.1 Å². The largest absolute Gasteiger partial charge is 0.493 e. The molecule has 0 aliphatic carbocycles. The first-order chi connectivity index (χ1) is 14.0. The predicted octanol–water partition coefficient (Wildman–Crippen LogP) is 2.98. The molecule has 0 saturated heterocycles. The summed E-state index contributed by atoms with van der Waals surface area (Å²) in [6.45, 7) is 3.27. The van der Waals surface area contributed by atoms with Gasteiger partial charge in [-0.3, -0.25) is 20.4 Å². The molecule has 2 aromatic rings. The van der Waals surface area contributed by atoms with Crippen LogP contribution in [-0.2, 0) is 0 Å². The van der Waals surface area contributed by atoms with Crippen molar-refractivity contribution in [3.05, 3.63) is 46.5 Å². The minimum Gasteiger partial charge on any atom is -0.493 e. The highest BCUT2D eigenvalue weighted by atomic mass is 35.5. The number of hydrogen-bond acceptors (Lipinski definition) is 6. The van der Waals surface area contributed by atoms with Gasteiger partial charge in [-0.2, -0.15) is 0 Å². The van der Waals surface area contributed by atoms with Gasteiger partial charge in [0.05, 0.1) is 32.0 Å². The van der Waals surface area contributed by atoms with Crippen LogP contribution in [0.15, 0.2) is 30.3 Å². The molecule has 8 nitrogen and oxygen atoms in total. The molecule has 0 atom stereocenters.